The topological polar surface area (TPSA) is 69.6 Å². The summed E-state index contributed by atoms with van der Waals surface area (Å²) in [5.74, 6) is -0.122. The molecule has 0 aromatic heterocycles. The maximum Gasteiger partial charge on any atom is 0.220 e. The molecule has 4 nitrogen and oxygen atoms in total. The van der Waals surface area contributed by atoms with Crippen LogP contribution in [0.3, 0.4) is 0 Å². The van der Waals surface area contributed by atoms with Crippen LogP contribution >= 0.6 is 0 Å². The van der Waals surface area contributed by atoms with Gasteiger partial charge in [-0.3, -0.25) is 4.79 Å². The average molecular weight is 880 g/mol. The van der Waals surface area contributed by atoms with E-state index < -0.39 is 12.1 Å². The molecule has 0 bridgehead atoms. The molecule has 0 spiro atoms. The maximum absolute atomic E-state index is 12.4. The molecule has 360 valence electrons. The van der Waals surface area contributed by atoms with Gasteiger partial charge in [-0.15, -0.1) is 0 Å². The molecule has 2 atom stereocenters. The summed E-state index contributed by atoms with van der Waals surface area (Å²) < 4.78 is 0. The van der Waals surface area contributed by atoms with Crippen molar-refractivity contribution in [1.82, 2.24) is 5.32 Å². The normalized spacial score (nSPS) is 14.1. The minimum atomic E-state index is -0.892. The highest BCUT2D eigenvalue weighted by atomic mass is 16.3. The highest BCUT2D eigenvalue weighted by Crippen LogP contribution is 2.13. The lowest BCUT2D eigenvalue weighted by molar-refractivity contribution is -0.123. The van der Waals surface area contributed by atoms with Crippen molar-refractivity contribution >= 4 is 5.91 Å². The molecule has 0 saturated heterocycles. The van der Waals surface area contributed by atoms with E-state index in [9.17, 15) is 15.0 Å². The van der Waals surface area contributed by atoms with Gasteiger partial charge in [0.15, 0.2) is 0 Å². The predicted molar refractivity (Wildman–Crippen MR) is 285 cm³/mol. The van der Waals surface area contributed by atoms with Gasteiger partial charge in [-0.1, -0.05) is 237 Å². The molecule has 0 saturated carbocycles. The molecule has 0 aliphatic rings. The van der Waals surface area contributed by atoms with Crippen LogP contribution in [0.2, 0.25) is 0 Å². The second-order valence-corrected chi connectivity index (χ2v) is 16.8. The van der Waals surface area contributed by atoms with Gasteiger partial charge in [0.25, 0.3) is 0 Å². The number of amides is 1. The molecule has 0 radical (unpaired) electrons. The first kappa shape index (κ1) is 60.3. The van der Waals surface area contributed by atoms with Crippen LogP contribution in [0.4, 0.5) is 0 Å². The molecule has 3 N–H and O–H groups in total. The summed E-state index contributed by atoms with van der Waals surface area (Å²) in [6, 6.07) is -0.674. The smallest absolute Gasteiger partial charge is 0.220 e. The van der Waals surface area contributed by atoms with Crippen LogP contribution in [0, 0.1) is 0 Å². The van der Waals surface area contributed by atoms with Crippen LogP contribution in [0.25, 0.3) is 0 Å². The third-order valence-corrected chi connectivity index (χ3v) is 10.8. The minimum Gasteiger partial charge on any atom is -0.394 e. The van der Waals surface area contributed by atoms with E-state index in [1.807, 2.05) is 6.08 Å². The van der Waals surface area contributed by atoms with Crippen LogP contribution in [0.5, 0.6) is 0 Å². The van der Waals surface area contributed by atoms with E-state index in [0.717, 1.165) is 103 Å². The lowest BCUT2D eigenvalue weighted by Gasteiger charge is -2.19. The van der Waals surface area contributed by atoms with E-state index in [-0.39, 0.29) is 12.5 Å². The lowest BCUT2D eigenvalue weighted by atomic mass is 10.0. The molecule has 64 heavy (non-hydrogen) atoms. The number of allylic oxidation sites excluding steroid dienone is 23. The third kappa shape index (κ3) is 49.3. The molecule has 0 aromatic rings. The molecule has 4 heteroatoms. The second-order valence-electron chi connectivity index (χ2n) is 16.8. The van der Waals surface area contributed by atoms with Crippen LogP contribution in [-0.2, 0) is 4.79 Å². The van der Waals surface area contributed by atoms with E-state index in [1.165, 1.54) is 83.5 Å². The van der Waals surface area contributed by atoms with Crippen molar-refractivity contribution < 1.29 is 15.0 Å². The summed E-state index contributed by atoms with van der Waals surface area (Å²) in [6.07, 6.45) is 85.5. The largest absolute Gasteiger partial charge is 0.394 e. The van der Waals surface area contributed by atoms with E-state index in [2.05, 4.69) is 153 Å². The van der Waals surface area contributed by atoms with Crippen LogP contribution in [0.15, 0.2) is 146 Å². The van der Waals surface area contributed by atoms with Gasteiger partial charge in [0, 0.05) is 6.42 Å². The second kappa shape index (κ2) is 53.6. The Balaban J connectivity index is 3.77. The summed E-state index contributed by atoms with van der Waals surface area (Å²) in [5, 5.41) is 23.0. The Hall–Kier alpha value is -3.73. The molecule has 0 aliphatic carbocycles. The molecule has 0 rings (SSSR count). The fourth-order valence-electron chi connectivity index (χ4n) is 6.87. The zero-order valence-electron chi connectivity index (χ0n) is 41.2. The summed E-state index contributed by atoms with van der Waals surface area (Å²) in [4.78, 5) is 12.4. The van der Waals surface area contributed by atoms with Gasteiger partial charge in [-0.05, 0) is 109 Å². The first-order valence-electron chi connectivity index (χ1n) is 26.0. The average Bonchev–Trinajstić information content (AvgIpc) is 3.30. The van der Waals surface area contributed by atoms with Gasteiger partial charge in [0.05, 0.1) is 18.8 Å². The van der Waals surface area contributed by atoms with Crippen molar-refractivity contribution in [3.8, 4) is 0 Å². The van der Waals surface area contributed by atoms with E-state index in [1.54, 1.807) is 6.08 Å². The van der Waals surface area contributed by atoms with Crippen molar-refractivity contribution in [2.75, 3.05) is 6.61 Å². The van der Waals surface area contributed by atoms with Gasteiger partial charge < -0.3 is 15.5 Å². The van der Waals surface area contributed by atoms with Crippen LogP contribution in [0.1, 0.15) is 206 Å². The van der Waals surface area contributed by atoms with Gasteiger partial charge in [-0.2, -0.15) is 0 Å². The zero-order chi connectivity index (χ0) is 46.3. The van der Waals surface area contributed by atoms with Gasteiger partial charge in [-0.25, -0.2) is 0 Å². The van der Waals surface area contributed by atoms with Crippen molar-refractivity contribution in [2.24, 2.45) is 0 Å². The summed E-state index contributed by atoms with van der Waals surface area (Å²) in [7, 11) is 0. The van der Waals surface area contributed by atoms with Crippen LogP contribution in [-0.4, -0.2) is 34.9 Å². The Kier molecular flexibility index (Phi) is 50.5. The first-order chi connectivity index (χ1) is 31.7. The Bertz CT molecular complexity index is 1370. The lowest BCUT2D eigenvalue weighted by Crippen LogP contribution is -2.45. The zero-order valence-corrected chi connectivity index (χ0v) is 41.2. The number of rotatable bonds is 45. The highest BCUT2D eigenvalue weighted by molar-refractivity contribution is 5.76. The van der Waals surface area contributed by atoms with Gasteiger partial charge in [0.2, 0.25) is 5.91 Å². The van der Waals surface area contributed by atoms with E-state index in [4.69, 9.17) is 0 Å². The Morgan fingerprint density at radius 2 is 0.703 bits per heavy atom. The molecule has 0 fully saturated rings. The number of hydrogen-bond donors (Lipinski definition) is 3. The third-order valence-electron chi connectivity index (χ3n) is 10.8. The Morgan fingerprint density at radius 1 is 0.391 bits per heavy atom. The van der Waals surface area contributed by atoms with Crippen molar-refractivity contribution in [3.05, 3.63) is 146 Å². The SMILES string of the molecule is CC/C=C\C/C=C\C/C=C\C/C=C\C/C=C\C/C=C\C/C=C\C/C=C\C/C=C\C/C=C\CCCCC(=O)NC(CO)C(O)/C=C/CC/C=C/CCCCCCCCCCCCCCC. The fraction of sp³-hybridized carbons (Fsp3) is 0.583. The molecule has 0 aliphatic heterocycles. The van der Waals surface area contributed by atoms with Gasteiger partial charge >= 0.3 is 0 Å². The number of nitrogens with one attached hydrogen (secondary N) is 1. The summed E-state index contributed by atoms with van der Waals surface area (Å²) in [5.41, 5.74) is 0. The highest BCUT2D eigenvalue weighted by Gasteiger charge is 2.17. The summed E-state index contributed by atoms with van der Waals surface area (Å²) >= 11 is 0. The molecule has 2 unspecified atom stereocenters. The van der Waals surface area contributed by atoms with Crippen molar-refractivity contribution in [2.45, 2.75) is 219 Å². The first-order valence-corrected chi connectivity index (χ1v) is 26.0. The summed E-state index contributed by atoms with van der Waals surface area (Å²) in [6.45, 7) is 4.16. The Morgan fingerprint density at radius 3 is 1.09 bits per heavy atom. The number of hydrogen-bond acceptors (Lipinski definition) is 3. The Labute approximate surface area is 395 Å². The van der Waals surface area contributed by atoms with Gasteiger partial charge in [0.1, 0.15) is 0 Å². The quantitative estimate of drug-likeness (QED) is 0.0422. The van der Waals surface area contributed by atoms with E-state index >= 15 is 0 Å². The minimum absolute atomic E-state index is 0.122. The molecular weight excluding hydrogens is 783 g/mol. The van der Waals surface area contributed by atoms with E-state index in [0.29, 0.717) is 6.42 Å². The van der Waals surface area contributed by atoms with Crippen molar-refractivity contribution in [3.63, 3.8) is 0 Å². The molecule has 1 amide bonds. The molecule has 0 heterocycles. The number of carbonyl (C=O) groups excluding carboxylic acids is 1. The standard InChI is InChI=1S/C60H97NO3/c1-3-5-7-9-11-13-15-17-19-21-23-24-25-26-27-28-29-30-31-32-33-34-35-36-38-40-42-44-46-48-50-52-54-56-60(64)61-58(57-62)59(63)55-53-51-49-47-45-43-41-39-37-22-20-18-16-14-12-10-8-6-4-2/h5,7,11,13,17,19,23-24,26-27,29-30,32-33,35-36,40,42,45-48,53,55,58-59,62-63H,3-4,6,8-10,12,14-16,18,20-22,25,28,31,34,37-39,41,43-44,49-52,54,56-57H2,1-2H3,(H,61,64)/b7-5-,13-11-,19-17-,24-23-,27-26-,30-29-,33-32-,36-35-,42-40-,47-45+,48-46-,55-53+. The molecular formula is C60H97NO3. The monoisotopic (exact) mass is 880 g/mol. The predicted octanol–water partition coefficient (Wildman–Crippen LogP) is 17.2. The molecule has 0 aromatic carbocycles. The number of unbranched alkanes of at least 4 members (excludes halogenated alkanes) is 16. The fourth-order valence-corrected chi connectivity index (χ4v) is 6.87. The number of aliphatic hydroxyl groups is 2. The number of aliphatic hydroxyl groups excluding tert-OH is 2. The number of carbonyl (C=O) groups is 1. The van der Waals surface area contributed by atoms with Crippen molar-refractivity contribution in [1.29, 1.82) is 0 Å². The maximum atomic E-state index is 12.4. The van der Waals surface area contributed by atoms with Crippen LogP contribution < -0.4 is 5.32 Å².